The number of esters is 1. The second kappa shape index (κ2) is 6.63. The summed E-state index contributed by atoms with van der Waals surface area (Å²) in [5.41, 5.74) is 0.603. The summed E-state index contributed by atoms with van der Waals surface area (Å²) in [4.78, 5) is 25.5. The molecule has 0 unspecified atom stereocenters. The molecule has 1 atom stereocenters. The van der Waals surface area contributed by atoms with Crippen LogP contribution < -0.4 is 5.32 Å². The number of benzene rings is 1. The zero-order chi connectivity index (χ0) is 18.2. The van der Waals surface area contributed by atoms with Gasteiger partial charge in [-0.25, -0.2) is 4.79 Å². The molecule has 3 rings (SSSR count). The van der Waals surface area contributed by atoms with Gasteiger partial charge in [-0.15, -0.1) is 34.5 Å². The first-order valence-electron chi connectivity index (χ1n) is 7.71. The quantitative estimate of drug-likeness (QED) is 0.589. The van der Waals surface area contributed by atoms with Gasteiger partial charge in [0.2, 0.25) is 5.91 Å². The van der Waals surface area contributed by atoms with Gasteiger partial charge in [0.15, 0.2) is 0 Å². The van der Waals surface area contributed by atoms with Crippen LogP contribution in [0.1, 0.15) is 34.1 Å². The third-order valence-electron chi connectivity index (χ3n) is 4.40. The van der Waals surface area contributed by atoms with E-state index in [0.717, 1.165) is 10.4 Å². The van der Waals surface area contributed by atoms with Crippen molar-refractivity contribution in [3.05, 3.63) is 52.4 Å². The SMILES string of the molecule is COC(=O)c1cc(Cc2ccccc2)sc1NC(=O)[C@]1(C)CC1(Cl)Cl. The van der Waals surface area contributed by atoms with E-state index in [2.05, 4.69) is 5.32 Å². The van der Waals surface area contributed by atoms with Crippen LogP contribution in [0.2, 0.25) is 0 Å². The average molecular weight is 398 g/mol. The molecular weight excluding hydrogens is 381 g/mol. The average Bonchev–Trinajstić information content (AvgIpc) is 2.91. The molecule has 0 spiro atoms. The normalized spacial score (nSPS) is 20.8. The summed E-state index contributed by atoms with van der Waals surface area (Å²) in [5.74, 6) is -0.786. The molecular formula is C18H17Cl2NO3S. The van der Waals surface area contributed by atoms with E-state index < -0.39 is 15.7 Å². The van der Waals surface area contributed by atoms with E-state index in [1.807, 2.05) is 30.3 Å². The summed E-state index contributed by atoms with van der Waals surface area (Å²) >= 11 is 13.5. The number of nitrogens with one attached hydrogen (secondary N) is 1. The first-order valence-corrected chi connectivity index (χ1v) is 9.28. The zero-order valence-electron chi connectivity index (χ0n) is 13.8. The largest absolute Gasteiger partial charge is 0.465 e. The van der Waals surface area contributed by atoms with Crippen molar-refractivity contribution in [3.63, 3.8) is 0 Å². The summed E-state index contributed by atoms with van der Waals surface area (Å²) in [7, 11) is 1.31. The lowest BCUT2D eigenvalue weighted by molar-refractivity contribution is -0.120. The maximum Gasteiger partial charge on any atom is 0.340 e. The first kappa shape index (κ1) is 18.2. The van der Waals surface area contributed by atoms with Crippen molar-refractivity contribution in [2.24, 2.45) is 5.41 Å². The Balaban J connectivity index is 1.84. The Morgan fingerprint density at radius 2 is 1.92 bits per heavy atom. The van der Waals surface area contributed by atoms with Gasteiger partial charge in [-0.1, -0.05) is 30.3 Å². The van der Waals surface area contributed by atoms with Crippen LogP contribution in [0.5, 0.6) is 0 Å². The highest BCUT2D eigenvalue weighted by Gasteiger charge is 2.68. The Kier molecular flexibility index (Phi) is 4.84. The topological polar surface area (TPSA) is 55.4 Å². The highest BCUT2D eigenvalue weighted by atomic mass is 35.5. The summed E-state index contributed by atoms with van der Waals surface area (Å²) in [6.45, 7) is 1.71. The molecule has 1 saturated carbocycles. The van der Waals surface area contributed by atoms with Gasteiger partial charge in [-0.2, -0.15) is 0 Å². The van der Waals surface area contributed by atoms with Crippen LogP contribution in [0.15, 0.2) is 36.4 Å². The number of hydrogen-bond acceptors (Lipinski definition) is 4. The van der Waals surface area contributed by atoms with Crippen molar-refractivity contribution >= 4 is 51.4 Å². The van der Waals surface area contributed by atoms with Crippen molar-refractivity contribution in [1.82, 2.24) is 0 Å². The van der Waals surface area contributed by atoms with E-state index in [-0.39, 0.29) is 5.91 Å². The molecule has 1 aromatic carbocycles. The van der Waals surface area contributed by atoms with Gasteiger partial charge >= 0.3 is 5.97 Å². The fourth-order valence-electron chi connectivity index (χ4n) is 2.57. The first-order chi connectivity index (χ1) is 11.8. The van der Waals surface area contributed by atoms with E-state index in [1.165, 1.54) is 18.4 Å². The van der Waals surface area contributed by atoms with Gasteiger partial charge < -0.3 is 10.1 Å². The fourth-order valence-corrected chi connectivity index (χ4v) is 4.35. The van der Waals surface area contributed by atoms with E-state index >= 15 is 0 Å². The Morgan fingerprint density at radius 1 is 1.28 bits per heavy atom. The molecule has 0 saturated heterocycles. The minimum Gasteiger partial charge on any atom is -0.465 e. The summed E-state index contributed by atoms with van der Waals surface area (Å²) in [5, 5.41) is 3.26. The molecule has 1 aliphatic carbocycles. The van der Waals surface area contributed by atoms with Gasteiger partial charge in [0.05, 0.1) is 18.1 Å². The highest BCUT2D eigenvalue weighted by molar-refractivity contribution is 7.16. The maximum absolute atomic E-state index is 12.5. The number of anilines is 1. The number of carbonyl (C=O) groups is 2. The van der Waals surface area contributed by atoms with Crippen molar-refractivity contribution < 1.29 is 14.3 Å². The monoisotopic (exact) mass is 397 g/mol. The van der Waals surface area contributed by atoms with Crippen LogP contribution >= 0.6 is 34.5 Å². The molecule has 0 bridgehead atoms. The molecule has 1 heterocycles. The fraction of sp³-hybridized carbons (Fsp3) is 0.333. The predicted molar refractivity (Wildman–Crippen MR) is 101 cm³/mol. The molecule has 25 heavy (non-hydrogen) atoms. The Morgan fingerprint density at radius 3 is 2.48 bits per heavy atom. The van der Waals surface area contributed by atoms with E-state index in [4.69, 9.17) is 27.9 Å². The lowest BCUT2D eigenvalue weighted by Crippen LogP contribution is -2.26. The van der Waals surface area contributed by atoms with Crippen LogP contribution in [0.25, 0.3) is 0 Å². The smallest absolute Gasteiger partial charge is 0.340 e. The second-order valence-electron chi connectivity index (χ2n) is 6.28. The number of methoxy groups -OCH3 is 1. The molecule has 1 N–H and O–H groups in total. The number of thiophene rings is 1. The number of ether oxygens (including phenoxy) is 1. The molecule has 7 heteroatoms. The molecule has 0 radical (unpaired) electrons. The molecule has 0 aliphatic heterocycles. The van der Waals surface area contributed by atoms with Crippen LogP contribution in [-0.4, -0.2) is 23.3 Å². The zero-order valence-corrected chi connectivity index (χ0v) is 16.1. The summed E-state index contributed by atoms with van der Waals surface area (Å²) < 4.78 is 3.77. The lowest BCUT2D eigenvalue weighted by atomic mass is 10.1. The van der Waals surface area contributed by atoms with Gasteiger partial charge in [0.1, 0.15) is 9.33 Å². The molecule has 1 amide bonds. The molecule has 1 aliphatic rings. The lowest BCUT2D eigenvalue weighted by Gasteiger charge is -2.12. The number of alkyl halides is 2. The van der Waals surface area contributed by atoms with Gasteiger partial charge in [-0.3, -0.25) is 4.79 Å². The van der Waals surface area contributed by atoms with E-state index in [9.17, 15) is 9.59 Å². The van der Waals surface area contributed by atoms with Gasteiger partial charge in [0, 0.05) is 11.3 Å². The molecule has 132 valence electrons. The van der Waals surface area contributed by atoms with Gasteiger partial charge in [-0.05, 0) is 25.0 Å². The summed E-state index contributed by atoms with van der Waals surface area (Å²) in [6, 6.07) is 11.6. The Hall–Kier alpha value is -1.56. The van der Waals surface area contributed by atoms with Crippen molar-refractivity contribution in [3.8, 4) is 0 Å². The van der Waals surface area contributed by atoms with Crippen LogP contribution in [-0.2, 0) is 16.0 Å². The predicted octanol–water partition coefficient (Wildman–Crippen LogP) is 4.65. The van der Waals surface area contributed by atoms with E-state index in [0.29, 0.717) is 23.4 Å². The second-order valence-corrected chi connectivity index (χ2v) is 8.90. The van der Waals surface area contributed by atoms with Crippen LogP contribution in [0.3, 0.4) is 0 Å². The Labute approximate surface area is 160 Å². The van der Waals surface area contributed by atoms with Crippen LogP contribution in [0, 0.1) is 5.41 Å². The molecule has 1 aromatic heterocycles. The molecule has 1 fully saturated rings. The van der Waals surface area contributed by atoms with Crippen molar-refractivity contribution in [2.75, 3.05) is 12.4 Å². The number of hydrogen-bond donors (Lipinski definition) is 1. The maximum atomic E-state index is 12.5. The molecule has 4 nitrogen and oxygen atoms in total. The van der Waals surface area contributed by atoms with Crippen molar-refractivity contribution in [2.45, 2.75) is 24.1 Å². The number of amides is 1. The van der Waals surface area contributed by atoms with Crippen molar-refractivity contribution in [1.29, 1.82) is 0 Å². The van der Waals surface area contributed by atoms with E-state index in [1.54, 1.807) is 13.0 Å². The Bertz CT molecular complexity index is 819. The molecule has 2 aromatic rings. The third-order valence-corrected chi connectivity index (χ3v) is 6.55. The minimum atomic E-state index is -1.06. The summed E-state index contributed by atoms with van der Waals surface area (Å²) in [6.07, 6.45) is 1.04. The number of carbonyl (C=O) groups excluding carboxylic acids is 2. The number of halogens is 2. The minimum absolute atomic E-state index is 0.296. The van der Waals surface area contributed by atoms with Crippen LogP contribution in [0.4, 0.5) is 5.00 Å². The standard InChI is InChI=1S/C18H17Cl2NO3S/c1-17(10-18(17,19)20)16(23)21-14-13(15(22)24-2)9-12(25-14)8-11-6-4-3-5-7-11/h3-7,9H,8,10H2,1-2H3,(H,21,23)/t17-/m0/s1. The highest BCUT2D eigenvalue weighted by Crippen LogP contribution is 2.64. The number of rotatable bonds is 5. The van der Waals surface area contributed by atoms with Gasteiger partial charge in [0.25, 0.3) is 0 Å². The third kappa shape index (κ3) is 3.54.